The lowest BCUT2D eigenvalue weighted by Gasteiger charge is -2.11. The Labute approximate surface area is 306 Å². The molecule has 0 spiro atoms. The van der Waals surface area contributed by atoms with E-state index in [9.17, 15) is 0 Å². The fourth-order valence-corrected chi connectivity index (χ4v) is 7.24. The van der Waals surface area contributed by atoms with Gasteiger partial charge >= 0.3 is 0 Å². The summed E-state index contributed by atoms with van der Waals surface area (Å²) in [6.45, 7) is 0. The second-order valence-electron chi connectivity index (χ2n) is 13.2. The van der Waals surface area contributed by atoms with Crippen molar-refractivity contribution < 1.29 is 4.42 Å². The highest BCUT2D eigenvalue weighted by molar-refractivity contribution is 6.18. The Balaban J connectivity index is 1.19. The van der Waals surface area contributed by atoms with Gasteiger partial charge in [-0.3, -0.25) is 0 Å². The van der Waals surface area contributed by atoms with Gasteiger partial charge in [-0.2, -0.15) is 0 Å². The van der Waals surface area contributed by atoms with Crippen LogP contribution in [0.1, 0.15) is 0 Å². The summed E-state index contributed by atoms with van der Waals surface area (Å²) in [5, 5.41) is 4.28. The van der Waals surface area contributed by atoms with Crippen molar-refractivity contribution in [2.45, 2.75) is 0 Å². The summed E-state index contributed by atoms with van der Waals surface area (Å²) in [4.78, 5) is 15.5. The minimum Gasteiger partial charge on any atom is -0.455 e. The van der Waals surface area contributed by atoms with E-state index in [0.717, 1.165) is 82.8 Å². The minimum atomic E-state index is 0.588. The van der Waals surface area contributed by atoms with Crippen LogP contribution in [0.3, 0.4) is 0 Å². The molecule has 8 aromatic carbocycles. The zero-order valence-corrected chi connectivity index (χ0v) is 28.6. The maximum atomic E-state index is 6.78. The van der Waals surface area contributed by atoms with Gasteiger partial charge in [-0.15, -0.1) is 0 Å². The Bertz CT molecular complexity index is 2800. The number of furan rings is 1. The van der Waals surface area contributed by atoms with Crippen LogP contribution in [0.15, 0.2) is 192 Å². The van der Waals surface area contributed by atoms with Crippen LogP contribution in [0.2, 0.25) is 0 Å². The predicted molar refractivity (Wildman–Crippen MR) is 217 cm³/mol. The third-order valence-corrected chi connectivity index (χ3v) is 9.95. The average molecular weight is 678 g/mol. The monoisotopic (exact) mass is 677 g/mol. The van der Waals surface area contributed by atoms with Crippen LogP contribution in [0.25, 0.3) is 100 Å². The molecular weight excluding hydrogens is 647 g/mol. The van der Waals surface area contributed by atoms with Gasteiger partial charge in [0.15, 0.2) is 17.5 Å². The van der Waals surface area contributed by atoms with Crippen LogP contribution in [0.5, 0.6) is 0 Å². The number of benzene rings is 8. The average Bonchev–Trinajstić information content (AvgIpc) is 3.61. The first-order valence-electron chi connectivity index (χ1n) is 17.8. The number of nitrogens with zero attached hydrogens (tertiary/aromatic N) is 3. The zero-order chi connectivity index (χ0) is 35.1. The second kappa shape index (κ2) is 12.9. The third-order valence-electron chi connectivity index (χ3n) is 9.95. The number of aromatic nitrogens is 3. The molecule has 0 aliphatic rings. The molecule has 2 aromatic heterocycles. The highest BCUT2D eigenvalue weighted by atomic mass is 16.3. The van der Waals surface area contributed by atoms with E-state index in [4.69, 9.17) is 19.4 Å². The molecule has 10 aromatic rings. The van der Waals surface area contributed by atoms with Gasteiger partial charge < -0.3 is 4.42 Å². The summed E-state index contributed by atoms with van der Waals surface area (Å²) in [6, 6.07) is 65.1. The maximum absolute atomic E-state index is 6.78. The van der Waals surface area contributed by atoms with E-state index >= 15 is 0 Å². The van der Waals surface area contributed by atoms with Gasteiger partial charge in [0.2, 0.25) is 0 Å². The van der Waals surface area contributed by atoms with Gasteiger partial charge in [0.05, 0.1) is 0 Å². The largest absolute Gasteiger partial charge is 0.455 e. The molecule has 0 bridgehead atoms. The van der Waals surface area contributed by atoms with E-state index in [1.807, 2.05) is 18.2 Å². The van der Waals surface area contributed by atoms with Crippen molar-refractivity contribution in [3.8, 4) is 67.5 Å². The van der Waals surface area contributed by atoms with Gasteiger partial charge in [-0.1, -0.05) is 164 Å². The number of rotatable bonds is 6. The first kappa shape index (κ1) is 30.6. The molecule has 0 unspecified atom stereocenters. The summed E-state index contributed by atoms with van der Waals surface area (Å²) >= 11 is 0. The van der Waals surface area contributed by atoms with Crippen LogP contribution in [0, 0.1) is 0 Å². The molecule has 53 heavy (non-hydrogen) atoms. The van der Waals surface area contributed by atoms with E-state index in [0.29, 0.717) is 17.5 Å². The third kappa shape index (κ3) is 5.63. The molecule has 4 heteroatoms. The van der Waals surface area contributed by atoms with Crippen LogP contribution in [-0.4, -0.2) is 15.0 Å². The first-order chi connectivity index (χ1) is 26.2. The number of hydrogen-bond donors (Lipinski definition) is 0. The van der Waals surface area contributed by atoms with Crippen molar-refractivity contribution in [3.05, 3.63) is 188 Å². The molecule has 0 saturated carbocycles. The van der Waals surface area contributed by atoms with Crippen molar-refractivity contribution in [2.24, 2.45) is 0 Å². The van der Waals surface area contributed by atoms with Crippen LogP contribution in [-0.2, 0) is 0 Å². The molecule has 0 amide bonds. The molecule has 10 rings (SSSR count). The second-order valence-corrected chi connectivity index (χ2v) is 13.2. The van der Waals surface area contributed by atoms with E-state index in [1.165, 1.54) is 0 Å². The Morgan fingerprint density at radius 2 is 0.736 bits per heavy atom. The molecule has 0 fully saturated rings. The quantitative estimate of drug-likeness (QED) is 0.176. The van der Waals surface area contributed by atoms with Crippen LogP contribution < -0.4 is 0 Å². The summed E-state index contributed by atoms with van der Waals surface area (Å²) in [5.41, 5.74) is 11.0. The fraction of sp³-hybridized carbons (Fsp3) is 0. The number of hydrogen-bond acceptors (Lipinski definition) is 4. The van der Waals surface area contributed by atoms with Crippen molar-refractivity contribution >= 4 is 32.7 Å². The van der Waals surface area contributed by atoms with Crippen LogP contribution in [0.4, 0.5) is 0 Å². The van der Waals surface area contributed by atoms with Crippen molar-refractivity contribution in [1.82, 2.24) is 15.0 Å². The summed E-state index contributed by atoms with van der Waals surface area (Å²) in [7, 11) is 0. The predicted octanol–water partition coefficient (Wildman–Crippen LogP) is 12.9. The Kier molecular flexibility index (Phi) is 7.43. The smallest absolute Gasteiger partial charge is 0.164 e. The molecule has 0 atom stereocenters. The summed E-state index contributed by atoms with van der Waals surface area (Å²) < 4.78 is 6.78. The Morgan fingerprint density at radius 3 is 1.28 bits per heavy atom. The summed E-state index contributed by atoms with van der Waals surface area (Å²) in [5.74, 6) is 1.80. The molecule has 0 aliphatic heterocycles. The molecule has 0 aliphatic carbocycles. The van der Waals surface area contributed by atoms with Gasteiger partial charge in [0, 0.05) is 33.0 Å². The Hall–Kier alpha value is -7.17. The molecular formula is C49H31N3O. The lowest BCUT2D eigenvalue weighted by molar-refractivity contribution is 0.670. The van der Waals surface area contributed by atoms with Crippen molar-refractivity contribution in [1.29, 1.82) is 0 Å². The molecule has 2 heterocycles. The highest BCUT2D eigenvalue weighted by Gasteiger charge is 2.21. The number of fused-ring (bicyclic) bond motifs is 4. The van der Waals surface area contributed by atoms with Crippen molar-refractivity contribution in [2.75, 3.05) is 0 Å². The first-order valence-corrected chi connectivity index (χ1v) is 17.8. The molecule has 0 radical (unpaired) electrons. The molecule has 0 saturated heterocycles. The normalized spacial score (nSPS) is 11.4. The Morgan fingerprint density at radius 1 is 0.321 bits per heavy atom. The molecule has 4 nitrogen and oxygen atoms in total. The van der Waals surface area contributed by atoms with Gasteiger partial charge in [0.25, 0.3) is 0 Å². The van der Waals surface area contributed by atoms with E-state index < -0.39 is 0 Å². The summed E-state index contributed by atoms with van der Waals surface area (Å²) in [6.07, 6.45) is 0. The van der Waals surface area contributed by atoms with Gasteiger partial charge in [-0.05, 0) is 62.9 Å². The molecule has 0 N–H and O–H groups in total. The van der Waals surface area contributed by atoms with E-state index in [1.54, 1.807) is 0 Å². The zero-order valence-electron chi connectivity index (χ0n) is 28.6. The van der Waals surface area contributed by atoms with Crippen LogP contribution >= 0.6 is 0 Å². The highest BCUT2D eigenvalue weighted by Crippen LogP contribution is 2.43. The lowest BCUT2D eigenvalue weighted by atomic mass is 9.97. The SMILES string of the molecule is c1ccc(-c2ccc(-c3nc(-c4ccc(-c5ccccc5)cc4)nc(-c4ccc(-c5ccccc5)c5oc6cc7ccccc7cc6c45)n3)cc2)cc1. The standard InChI is InChI=1S/C49H31N3O/c1-4-12-32(13-5-1)34-20-24-37(25-21-34)47-50-48(38-26-22-35(23-27-38)33-14-6-2-7-15-33)52-49(51-47)42-29-28-41(36-16-8-3-9-17-36)46-45(42)43-30-39-18-10-11-19-40(39)31-44(43)53-46/h1-31H. The van der Waals surface area contributed by atoms with E-state index in [-0.39, 0.29) is 0 Å². The topological polar surface area (TPSA) is 51.8 Å². The van der Waals surface area contributed by atoms with Crippen molar-refractivity contribution in [3.63, 3.8) is 0 Å². The maximum Gasteiger partial charge on any atom is 0.164 e. The minimum absolute atomic E-state index is 0.588. The molecule has 248 valence electrons. The lowest BCUT2D eigenvalue weighted by Crippen LogP contribution is -2.00. The fourth-order valence-electron chi connectivity index (χ4n) is 7.24. The van der Waals surface area contributed by atoms with E-state index in [2.05, 4.69) is 170 Å². The van der Waals surface area contributed by atoms with Gasteiger partial charge in [-0.25, -0.2) is 15.0 Å². The van der Waals surface area contributed by atoms with Gasteiger partial charge in [0.1, 0.15) is 11.2 Å².